The van der Waals surface area contributed by atoms with E-state index in [1.807, 2.05) is 24.3 Å². The lowest BCUT2D eigenvalue weighted by molar-refractivity contribution is 0.0951. The van der Waals surface area contributed by atoms with Gasteiger partial charge in [-0.1, -0.05) is 25.1 Å². The number of nitrogens with one attached hydrogen (secondary N) is 1. The zero-order chi connectivity index (χ0) is 16.8. The summed E-state index contributed by atoms with van der Waals surface area (Å²) in [4.78, 5) is 18.8. The number of likely N-dealkylation sites (tertiary alicyclic amines) is 1. The molecule has 4 nitrogen and oxygen atoms in total. The fourth-order valence-corrected chi connectivity index (χ4v) is 3.24. The zero-order valence-electron chi connectivity index (χ0n) is 14.2. The number of nitrogens with zero attached hydrogens (tertiary/aromatic N) is 2. The van der Waals surface area contributed by atoms with Crippen LogP contribution in [0.5, 0.6) is 0 Å². The maximum atomic E-state index is 12.2. The highest BCUT2D eigenvalue weighted by Crippen LogP contribution is 2.18. The Bertz CT molecular complexity index is 654. The summed E-state index contributed by atoms with van der Waals surface area (Å²) in [6.45, 7) is 6.15. The van der Waals surface area contributed by atoms with E-state index in [9.17, 15) is 4.79 Å². The van der Waals surface area contributed by atoms with Crippen LogP contribution in [-0.4, -0.2) is 28.9 Å². The van der Waals surface area contributed by atoms with Gasteiger partial charge in [-0.2, -0.15) is 0 Å². The lowest BCUT2D eigenvalue weighted by Gasteiger charge is -2.30. The third-order valence-electron chi connectivity index (χ3n) is 4.54. The standard InChI is InChI=1S/C20H25N3O/c1-16-4-3-11-23(14-16)15-17-6-8-19(9-7-17)20(24)22-13-18-5-2-10-21-12-18/h2,5-10,12,16H,3-4,11,13-15H2,1H3,(H,22,24)/t16-/m0/s1. The first kappa shape index (κ1) is 16.7. The third kappa shape index (κ3) is 4.65. The molecular weight excluding hydrogens is 298 g/mol. The van der Waals surface area contributed by atoms with Gasteiger partial charge < -0.3 is 5.32 Å². The quantitative estimate of drug-likeness (QED) is 0.919. The van der Waals surface area contributed by atoms with Gasteiger partial charge in [0.05, 0.1) is 0 Å². The monoisotopic (exact) mass is 323 g/mol. The van der Waals surface area contributed by atoms with Crippen molar-refractivity contribution in [1.29, 1.82) is 0 Å². The van der Waals surface area contributed by atoms with Gasteiger partial charge in [-0.25, -0.2) is 0 Å². The van der Waals surface area contributed by atoms with E-state index in [-0.39, 0.29) is 5.91 Å². The molecule has 1 amide bonds. The van der Waals surface area contributed by atoms with E-state index in [1.165, 1.54) is 31.5 Å². The Labute approximate surface area is 143 Å². The maximum absolute atomic E-state index is 12.2. The first-order valence-corrected chi connectivity index (χ1v) is 8.69. The summed E-state index contributed by atoms with van der Waals surface area (Å²) < 4.78 is 0. The number of carbonyl (C=O) groups is 1. The molecule has 2 heterocycles. The van der Waals surface area contributed by atoms with Crippen molar-refractivity contribution in [3.8, 4) is 0 Å². The van der Waals surface area contributed by atoms with E-state index in [0.717, 1.165) is 18.0 Å². The van der Waals surface area contributed by atoms with Gasteiger partial charge in [-0.05, 0) is 54.6 Å². The largest absolute Gasteiger partial charge is 0.348 e. The number of amides is 1. The molecule has 1 aromatic heterocycles. The second-order valence-corrected chi connectivity index (χ2v) is 6.72. The first-order chi connectivity index (χ1) is 11.7. The maximum Gasteiger partial charge on any atom is 0.251 e. The summed E-state index contributed by atoms with van der Waals surface area (Å²) >= 11 is 0. The van der Waals surface area contributed by atoms with Gasteiger partial charge in [-0.15, -0.1) is 0 Å². The van der Waals surface area contributed by atoms with Crippen molar-refractivity contribution in [3.05, 3.63) is 65.5 Å². The van der Waals surface area contributed by atoms with Crippen LogP contribution in [0.2, 0.25) is 0 Å². The molecule has 3 rings (SSSR count). The van der Waals surface area contributed by atoms with Crippen LogP contribution >= 0.6 is 0 Å². The molecule has 0 unspecified atom stereocenters. The molecule has 1 fully saturated rings. The van der Waals surface area contributed by atoms with Gasteiger partial charge in [-0.3, -0.25) is 14.7 Å². The molecular formula is C20H25N3O. The average Bonchev–Trinajstić information content (AvgIpc) is 2.61. The number of benzene rings is 1. The number of rotatable bonds is 5. The van der Waals surface area contributed by atoms with E-state index in [2.05, 4.69) is 34.3 Å². The Morgan fingerprint density at radius 1 is 1.25 bits per heavy atom. The number of piperidine rings is 1. The van der Waals surface area contributed by atoms with Crippen LogP contribution in [0.25, 0.3) is 0 Å². The molecule has 0 radical (unpaired) electrons. The summed E-state index contributed by atoms with van der Waals surface area (Å²) in [5.41, 5.74) is 2.98. The number of hydrogen-bond acceptors (Lipinski definition) is 3. The second kappa shape index (κ2) is 8.06. The van der Waals surface area contributed by atoms with Crippen LogP contribution < -0.4 is 5.32 Å². The Kier molecular flexibility index (Phi) is 5.59. The number of aromatic nitrogens is 1. The summed E-state index contributed by atoms with van der Waals surface area (Å²) in [6.07, 6.45) is 6.12. The average molecular weight is 323 g/mol. The molecule has 126 valence electrons. The van der Waals surface area contributed by atoms with Crippen molar-refractivity contribution >= 4 is 5.91 Å². The highest BCUT2D eigenvalue weighted by atomic mass is 16.1. The topological polar surface area (TPSA) is 45.2 Å². The van der Waals surface area contributed by atoms with E-state index < -0.39 is 0 Å². The molecule has 0 aliphatic carbocycles. The molecule has 1 saturated heterocycles. The molecule has 0 saturated carbocycles. The van der Waals surface area contributed by atoms with Gasteiger partial charge in [0, 0.05) is 37.6 Å². The Morgan fingerprint density at radius 2 is 2.08 bits per heavy atom. The minimum Gasteiger partial charge on any atom is -0.348 e. The molecule has 4 heteroatoms. The van der Waals surface area contributed by atoms with Crippen LogP contribution in [0, 0.1) is 5.92 Å². The minimum absolute atomic E-state index is 0.0444. The first-order valence-electron chi connectivity index (χ1n) is 8.69. The van der Waals surface area contributed by atoms with Crippen LogP contribution in [0.4, 0.5) is 0 Å². The van der Waals surface area contributed by atoms with Gasteiger partial charge >= 0.3 is 0 Å². The molecule has 1 aromatic carbocycles. The Hall–Kier alpha value is -2.20. The van der Waals surface area contributed by atoms with Crippen LogP contribution in [0.1, 0.15) is 41.3 Å². The molecule has 2 aromatic rings. The normalized spacial score (nSPS) is 18.3. The molecule has 24 heavy (non-hydrogen) atoms. The summed E-state index contributed by atoms with van der Waals surface area (Å²) in [5.74, 6) is 0.744. The summed E-state index contributed by atoms with van der Waals surface area (Å²) in [6, 6.07) is 11.8. The molecule has 1 atom stereocenters. The number of carbonyl (C=O) groups excluding carboxylic acids is 1. The predicted octanol–water partition coefficient (Wildman–Crippen LogP) is 3.24. The van der Waals surface area contributed by atoms with Crippen molar-refractivity contribution in [3.63, 3.8) is 0 Å². The van der Waals surface area contributed by atoms with Gasteiger partial charge in [0.2, 0.25) is 0 Å². The Morgan fingerprint density at radius 3 is 2.79 bits per heavy atom. The van der Waals surface area contributed by atoms with E-state index >= 15 is 0 Å². The minimum atomic E-state index is -0.0444. The van der Waals surface area contributed by atoms with Crippen molar-refractivity contribution in [2.45, 2.75) is 32.9 Å². The van der Waals surface area contributed by atoms with Crippen LogP contribution in [-0.2, 0) is 13.1 Å². The van der Waals surface area contributed by atoms with Crippen molar-refractivity contribution in [2.24, 2.45) is 5.92 Å². The van der Waals surface area contributed by atoms with Gasteiger partial charge in [0.1, 0.15) is 0 Å². The second-order valence-electron chi connectivity index (χ2n) is 6.72. The molecule has 1 aliphatic heterocycles. The fraction of sp³-hybridized carbons (Fsp3) is 0.400. The van der Waals surface area contributed by atoms with Crippen LogP contribution in [0.3, 0.4) is 0 Å². The lowest BCUT2D eigenvalue weighted by Crippen LogP contribution is -2.33. The third-order valence-corrected chi connectivity index (χ3v) is 4.54. The fourth-order valence-electron chi connectivity index (χ4n) is 3.24. The SMILES string of the molecule is C[C@H]1CCCN(Cc2ccc(C(=O)NCc3cccnc3)cc2)C1. The lowest BCUT2D eigenvalue weighted by atomic mass is 9.99. The smallest absolute Gasteiger partial charge is 0.251 e. The van der Waals surface area contributed by atoms with Gasteiger partial charge in [0.15, 0.2) is 0 Å². The van der Waals surface area contributed by atoms with E-state index in [1.54, 1.807) is 12.4 Å². The summed E-state index contributed by atoms with van der Waals surface area (Å²) in [7, 11) is 0. The molecule has 1 N–H and O–H groups in total. The Balaban J connectivity index is 1.52. The van der Waals surface area contributed by atoms with Crippen molar-refractivity contribution < 1.29 is 4.79 Å². The van der Waals surface area contributed by atoms with E-state index in [0.29, 0.717) is 12.1 Å². The molecule has 0 bridgehead atoms. The van der Waals surface area contributed by atoms with E-state index in [4.69, 9.17) is 0 Å². The predicted molar refractivity (Wildman–Crippen MR) is 95.5 cm³/mol. The highest BCUT2D eigenvalue weighted by molar-refractivity contribution is 5.94. The van der Waals surface area contributed by atoms with Crippen LogP contribution in [0.15, 0.2) is 48.8 Å². The zero-order valence-corrected chi connectivity index (χ0v) is 14.2. The highest BCUT2D eigenvalue weighted by Gasteiger charge is 2.16. The van der Waals surface area contributed by atoms with Gasteiger partial charge in [0.25, 0.3) is 5.91 Å². The number of pyridine rings is 1. The van der Waals surface area contributed by atoms with Crippen molar-refractivity contribution in [2.75, 3.05) is 13.1 Å². The molecule has 1 aliphatic rings. The van der Waals surface area contributed by atoms with Crippen molar-refractivity contribution in [1.82, 2.24) is 15.2 Å². The number of hydrogen-bond donors (Lipinski definition) is 1. The summed E-state index contributed by atoms with van der Waals surface area (Å²) in [5, 5.41) is 2.93. The molecule has 0 spiro atoms.